The molecule has 4 nitrogen and oxygen atoms in total. The molecule has 4 atom stereocenters. The standard InChI is InChI=1S/C27H49N3O/c1-21(2)28-12-6-24(7-13-28)16-22(3)30-14-15-31-27(20-30)18-25(27)17-23(4)29-11-5-8-26(19-29)9-10-26/h21-25H,5-20H2,1-4H3. The highest BCUT2D eigenvalue weighted by molar-refractivity contribution is 5.10. The predicted molar refractivity (Wildman–Crippen MR) is 128 cm³/mol. The van der Waals surface area contributed by atoms with Gasteiger partial charge >= 0.3 is 0 Å². The van der Waals surface area contributed by atoms with Crippen LogP contribution in [0.15, 0.2) is 0 Å². The van der Waals surface area contributed by atoms with Crippen molar-refractivity contribution in [2.75, 3.05) is 45.9 Å². The summed E-state index contributed by atoms with van der Waals surface area (Å²) >= 11 is 0. The summed E-state index contributed by atoms with van der Waals surface area (Å²) in [6.07, 6.45) is 12.8. The lowest BCUT2D eigenvalue weighted by Gasteiger charge is -2.41. The lowest BCUT2D eigenvalue weighted by atomic mass is 9.89. The highest BCUT2D eigenvalue weighted by Gasteiger charge is 2.58. The van der Waals surface area contributed by atoms with E-state index < -0.39 is 0 Å². The first-order valence-corrected chi connectivity index (χ1v) is 13.7. The molecule has 5 fully saturated rings. The molecule has 5 aliphatic rings. The average Bonchev–Trinajstić information content (AvgIpc) is 3.66. The minimum Gasteiger partial charge on any atom is -0.372 e. The van der Waals surface area contributed by atoms with E-state index in [9.17, 15) is 0 Å². The average molecular weight is 432 g/mol. The summed E-state index contributed by atoms with van der Waals surface area (Å²) in [7, 11) is 0. The molecule has 0 aromatic rings. The predicted octanol–water partition coefficient (Wildman–Crippen LogP) is 4.63. The molecule has 0 aromatic carbocycles. The summed E-state index contributed by atoms with van der Waals surface area (Å²) in [5, 5.41) is 0. The summed E-state index contributed by atoms with van der Waals surface area (Å²) in [5.41, 5.74) is 0.946. The minimum atomic E-state index is 0.203. The first kappa shape index (κ1) is 22.6. The van der Waals surface area contributed by atoms with Crippen LogP contribution in [0.5, 0.6) is 0 Å². The molecule has 31 heavy (non-hydrogen) atoms. The third-order valence-electron chi connectivity index (χ3n) is 9.99. The minimum absolute atomic E-state index is 0.203. The van der Waals surface area contributed by atoms with Gasteiger partial charge in [0.2, 0.25) is 0 Å². The van der Waals surface area contributed by atoms with E-state index in [0.717, 1.165) is 36.4 Å². The fourth-order valence-corrected chi connectivity index (χ4v) is 7.34. The Hall–Kier alpha value is -0.160. The van der Waals surface area contributed by atoms with Crippen LogP contribution in [0, 0.1) is 17.3 Å². The fourth-order valence-electron chi connectivity index (χ4n) is 7.34. The maximum Gasteiger partial charge on any atom is 0.0842 e. The van der Waals surface area contributed by atoms with Crippen LogP contribution in [0.25, 0.3) is 0 Å². The van der Waals surface area contributed by atoms with Crippen molar-refractivity contribution in [3.8, 4) is 0 Å². The molecule has 2 saturated carbocycles. The van der Waals surface area contributed by atoms with Crippen molar-refractivity contribution in [1.29, 1.82) is 0 Å². The van der Waals surface area contributed by atoms with E-state index in [1.54, 1.807) is 0 Å². The summed E-state index contributed by atoms with van der Waals surface area (Å²) in [6.45, 7) is 18.3. The first-order valence-electron chi connectivity index (χ1n) is 13.7. The molecular weight excluding hydrogens is 382 g/mol. The van der Waals surface area contributed by atoms with Crippen LogP contribution in [0.3, 0.4) is 0 Å². The highest BCUT2D eigenvalue weighted by atomic mass is 16.5. The molecule has 0 aromatic heterocycles. The van der Waals surface area contributed by atoms with Crippen molar-refractivity contribution in [3.05, 3.63) is 0 Å². The number of morpholine rings is 1. The molecule has 5 rings (SSSR count). The largest absolute Gasteiger partial charge is 0.372 e. The van der Waals surface area contributed by atoms with Gasteiger partial charge in [-0.15, -0.1) is 0 Å². The van der Waals surface area contributed by atoms with E-state index in [0.29, 0.717) is 12.1 Å². The van der Waals surface area contributed by atoms with Crippen molar-refractivity contribution in [3.63, 3.8) is 0 Å². The Morgan fingerprint density at radius 2 is 1.52 bits per heavy atom. The lowest BCUT2D eigenvalue weighted by Crippen LogP contribution is -2.50. The van der Waals surface area contributed by atoms with Gasteiger partial charge in [-0.2, -0.15) is 0 Å². The van der Waals surface area contributed by atoms with Gasteiger partial charge in [-0.1, -0.05) is 0 Å². The summed E-state index contributed by atoms with van der Waals surface area (Å²) in [4.78, 5) is 8.28. The highest BCUT2D eigenvalue weighted by Crippen LogP contribution is 2.54. The number of rotatable bonds is 7. The molecule has 3 heterocycles. The van der Waals surface area contributed by atoms with E-state index in [1.807, 2.05) is 0 Å². The van der Waals surface area contributed by atoms with Gasteiger partial charge < -0.3 is 14.5 Å². The summed E-state index contributed by atoms with van der Waals surface area (Å²) in [6, 6.07) is 2.17. The fraction of sp³-hybridized carbons (Fsp3) is 1.00. The molecule has 0 N–H and O–H groups in total. The quantitative estimate of drug-likeness (QED) is 0.585. The van der Waals surface area contributed by atoms with Gasteiger partial charge in [-0.3, -0.25) is 4.90 Å². The Bertz CT molecular complexity index is 612. The summed E-state index contributed by atoms with van der Waals surface area (Å²) < 4.78 is 6.47. The lowest BCUT2D eigenvalue weighted by molar-refractivity contribution is -0.0717. The smallest absolute Gasteiger partial charge is 0.0842 e. The third kappa shape index (κ3) is 5.03. The molecule has 0 bridgehead atoms. The van der Waals surface area contributed by atoms with Crippen LogP contribution >= 0.6 is 0 Å². The van der Waals surface area contributed by atoms with Gasteiger partial charge in [0.05, 0.1) is 12.2 Å². The van der Waals surface area contributed by atoms with E-state index in [-0.39, 0.29) is 5.60 Å². The molecular formula is C27H49N3O. The van der Waals surface area contributed by atoms with Crippen LogP contribution < -0.4 is 0 Å². The van der Waals surface area contributed by atoms with E-state index in [2.05, 4.69) is 42.4 Å². The first-order chi connectivity index (χ1) is 14.9. The summed E-state index contributed by atoms with van der Waals surface area (Å²) in [5.74, 6) is 1.72. The second-order valence-electron chi connectivity index (χ2n) is 12.6. The van der Waals surface area contributed by atoms with Crippen LogP contribution in [0.1, 0.15) is 85.5 Å². The second kappa shape index (κ2) is 8.89. The zero-order valence-electron chi connectivity index (χ0n) is 21.0. The zero-order valence-corrected chi connectivity index (χ0v) is 21.0. The molecule has 3 aliphatic heterocycles. The van der Waals surface area contributed by atoms with Gasteiger partial charge in [-0.05, 0) is 122 Å². The Balaban J connectivity index is 1.08. The number of piperidine rings is 2. The van der Waals surface area contributed by atoms with Gasteiger partial charge in [0.15, 0.2) is 0 Å². The normalized spacial score (nSPS) is 36.9. The van der Waals surface area contributed by atoms with Crippen molar-refractivity contribution in [2.45, 2.75) is 109 Å². The van der Waals surface area contributed by atoms with Crippen molar-refractivity contribution in [2.24, 2.45) is 17.3 Å². The van der Waals surface area contributed by atoms with Crippen LogP contribution in [-0.4, -0.2) is 84.3 Å². The number of ether oxygens (including phenoxy) is 1. The Morgan fingerprint density at radius 1 is 0.806 bits per heavy atom. The molecule has 2 spiro atoms. The van der Waals surface area contributed by atoms with Crippen molar-refractivity contribution >= 4 is 0 Å². The second-order valence-corrected chi connectivity index (χ2v) is 12.6. The van der Waals surface area contributed by atoms with E-state index in [4.69, 9.17) is 4.74 Å². The number of hydrogen-bond donors (Lipinski definition) is 0. The van der Waals surface area contributed by atoms with Gasteiger partial charge in [0.1, 0.15) is 0 Å². The van der Waals surface area contributed by atoms with E-state index >= 15 is 0 Å². The zero-order chi connectivity index (χ0) is 21.6. The Morgan fingerprint density at radius 3 is 2.23 bits per heavy atom. The molecule has 2 aliphatic carbocycles. The monoisotopic (exact) mass is 431 g/mol. The van der Waals surface area contributed by atoms with Crippen molar-refractivity contribution in [1.82, 2.24) is 14.7 Å². The maximum absolute atomic E-state index is 6.47. The van der Waals surface area contributed by atoms with Gasteiger partial charge in [-0.25, -0.2) is 0 Å². The molecule has 178 valence electrons. The third-order valence-corrected chi connectivity index (χ3v) is 9.99. The molecule has 4 heteroatoms. The molecule has 0 radical (unpaired) electrons. The topological polar surface area (TPSA) is 19.0 Å². The SMILES string of the molecule is CC(C)N1CCC(CC(C)N2CCOC3(CC3CC(C)N3CCCC4(CC4)C3)C2)CC1. The van der Waals surface area contributed by atoms with Crippen molar-refractivity contribution < 1.29 is 4.74 Å². The number of hydrogen-bond acceptors (Lipinski definition) is 4. The number of likely N-dealkylation sites (tertiary alicyclic amines) is 2. The Labute approximate surface area is 192 Å². The van der Waals surface area contributed by atoms with Gasteiger partial charge in [0, 0.05) is 37.8 Å². The van der Waals surface area contributed by atoms with Crippen LogP contribution in [0.2, 0.25) is 0 Å². The molecule has 0 amide bonds. The molecule has 4 unspecified atom stereocenters. The Kier molecular flexibility index (Phi) is 6.49. The van der Waals surface area contributed by atoms with Crippen LogP contribution in [0.4, 0.5) is 0 Å². The van der Waals surface area contributed by atoms with E-state index in [1.165, 1.54) is 90.5 Å². The maximum atomic E-state index is 6.47. The van der Waals surface area contributed by atoms with Crippen LogP contribution in [-0.2, 0) is 4.74 Å². The molecule has 3 saturated heterocycles. The van der Waals surface area contributed by atoms with Gasteiger partial charge in [0.25, 0.3) is 0 Å². The number of nitrogens with zero attached hydrogens (tertiary/aromatic N) is 3.